The molecule has 1 atom stereocenters. The van der Waals surface area contributed by atoms with Crippen LogP contribution < -0.4 is 11.1 Å². The molecule has 1 heterocycles. The fourth-order valence-corrected chi connectivity index (χ4v) is 4.58. The Morgan fingerprint density at radius 1 is 1.22 bits per heavy atom. The average Bonchev–Trinajstić information content (AvgIpc) is 2.78. The van der Waals surface area contributed by atoms with Gasteiger partial charge in [-0.1, -0.05) is 12.8 Å². The first-order valence-corrected chi connectivity index (χ1v) is 8.64. The summed E-state index contributed by atoms with van der Waals surface area (Å²) in [5.41, 5.74) is 5.83. The zero-order chi connectivity index (χ0) is 13.0. The van der Waals surface area contributed by atoms with E-state index in [0.29, 0.717) is 24.3 Å². The van der Waals surface area contributed by atoms with Crippen molar-refractivity contribution in [2.75, 3.05) is 18.1 Å². The number of hydrogen-bond donors (Lipinski definition) is 2. The number of guanidine groups is 1. The van der Waals surface area contributed by atoms with E-state index in [0.717, 1.165) is 25.7 Å². The van der Waals surface area contributed by atoms with Gasteiger partial charge >= 0.3 is 0 Å². The summed E-state index contributed by atoms with van der Waals surface area (Å²) in [6.07, 6.45) is 6.54. The second-order valence-corrected chi connectivity index (χ2v) is 7.70. The normalized spacial score (nSPS) is 29.3. The van der Waals surface area contributed by atoms with Crippen LogP contribution in [-0.2, 0) is 9.84 Å². The molecule has 1 saturated heterocycles. The number of sulfone groups is 1. The predicted molar refractivity (Wildman–Crippen MR) is 73.3 cm³/mol. The molecule has 1 saturated carbocycles. The summed E-state index contributed by atoms with van der Waals surface area (Å²) >= 11 is 0. The summed E-state index contributed by atoms with van der Waals surface area (Å²) in [6.45, 7) is 0.533. The van der Waals surface area contributed by atoms with Crippen LogP contribution in [0.1, 0.15) is 38.5 Å². The van der Waals surface area contributed by atoms with Gasteiger partial charge in [0.15, 0.2) is 15.8 Å². The van der Waals surface area contributed by atoms with Crippen LogP contribution in [0, 0.1) is 5.92 Å². The van der Waals surface area contributed by atoms with E-state index >= 15 is 0 Å². The third kappa shape index (κ3) is 4.15. The molecule has 2 rings (SSSR count). The molecule has 0 bridgehead atoms. The zero-order valence-electron chi connectivity index (χ0n) is 10.8. The van der Waals surface area contributed by atoms with Crippen LogP contribution in [0.2, 0.25) is 0 Å². The summed E-state index contributed by atoms with van der Waals surface area (Å²) in [5, 5.41) is 3.22. The Morgan fingerprint density at radius 2 is 1.94 bits per heavy atom. The largest absolute Gasteiger partial charge is 0.370 e. The standard InChI is InChI=1S/C12H23N3O2S/c13-12(15-11-5-1-2-6-11)14-8-10-4-3-7-18(16,17)9-10/h10-11H,1-9H2,(H3,13,14,15). The van der Waals surface area contributed by atoms with Gasteiger partial charge in [0, 0.05) is 12.6 Å². The number of hydrogen-bond acceptors (Lipinski definition) is 3. The number of aliphatic imine (C=N–C) groups is 1. The van der Waals surface area contributed by atoms with Crippen LogP contribution in [0.5, 0.6) is 0 Å². The van der Waals surface area contributed by atoms with E-state index in [4.69, 9.17) is 5.73 Å². The van der Waals surface area contributed by atoms with E-state index in [1.165, 1.54) is 12.8 Å². The van der Waals surface area contributed by atoms with Crippen LogP contribution >= 0.6 is 0 Å². The molecule has 0 spiro atoms. The summed E-state index contributed by atoms with van der Waals surface area (Å²) in [5.74, 6) is 1.23. The van der Waals surface area contributed by atoms with Gasteiger partial charge in [-0.25, -0.2) is 8.42 Å². The van der Waals surface area contributed by atoms with Gasteiger partial charge in [0.2, 0.25) is 0 Å². The number of nitrogens with one attached hydrogen (secondary N) is 1. The smallest absolute Gasteiger partial charge is 0.188 e. The summed E-state index contributed by atoms with van der Waals surface area (Å²) in [7, 11) is -2.83. The van der Waals surface area contributed by atoms with Crippen molar-refractivity contribution in [3.63, 3.8) is 0 Å². The Morgan fingerprint density at radius 3 is 2.61 bits per heavy atom. The lowest BCUT2D eigenvalue weighted by Gasteiger charge is -2.20. The second-order valence-electron chi connectivity index (χ2n) is 5.47. The van der Waals surface area contributed by atoms with Crippen LogP contribution in [0.15, 0.2) is 4.99 Å². The van der Waals surface area contributed by atoms with Gasteiger partial charge < -0.3 is 11.1 Å². The third-order valence-electron chi connectivity index (χ3n) is 3.78. The van der Waals surface area contributed by atoms with Crippen LogP contribution in [0.25, 0.3) is 0 Å². The minimum Gasteiger partial charge on any atom is -0.370 e. The molecule has 0 aromatic carbocycles. The van der Waals surface area contributed by atoms with Crippen molar-refractivity contribution >= 4 is 15.8 Å². The Labute approximate surface area is 109 Å². The van der Waals surface area contributed by atoms with Crippen LogP contribution in [0.3, 0.4) is 0 Å². The molecule has 18 heavy (non-hydrogen) atoms. The Bertz CT molecular complexity index is 400. The topological polar surface area (TPSA) is 84.5 Å². The molecule has 1 unspecified atom stereocenters. The highest BCUT2D eigenvalue weighted by molar-refractivity contribution is 7.91. The number of nitrogens with zero attached hydrogens (tertiary/aromatic N) is 1. The molecule has 6 heteroatoms. The summed E-state index contributed by atoms with van der Waals surface area (Å²) < 4.78 is 23.0. The average molecular weight is 273 g/mol. The first-order valence-electron chi connectivity index (χ1n) is 6.82. The summed E-state index contributed by atoms with van der Waals surface area (Å²) in [6, 6.07) is 0.462. The Hall–Kier alpha value is -0.780. The second kappa shape index (κ2) is 5.91. The number of rotatable bonds is 3. The maximum atomic E-state index is 11.5. The highest BCUT2D eigenvalue weighted by Gasteiger charge is 2.24. The minimum atomic E-state index is -2.83. The molecule has 2 aliphatic rings. The number of nitrogens with two attached hydrogens (primary N) is 1. The molecule has 0 aromatic rings. The lowest BCUT2D eigenvalue weighted by molar-refractivity contribution is 0.492. The minimum absolute atomic E-state index is 0.146. The van der Waals surface area contributed by atoms with Crippen molar-refractivity contribution in [3.05, 3.63) is 0 Å². The lowest BCUT2D eigenvalue weighted by Crippen LogP contribution is -2.39. The molecular weight excluding hydrogens is 250 g/mol. The SMILES string of the molecule is NC(=NCC1CCCS(=O)(=O)C1)NC1CCCC1. The van der Waals surface area contributed by atoms with Crippen LogP contribution in [-0.4, -0.2) is 38.5 Å². The van der Waals surface area contributed by atoms with Crippen molar-refractivity contribution in [1.82, 2.24) is 5.32 Å². The first kappa shape index (κ1) is 13.6. The predicted octanol–water partition coefficient (Wildman–Crippen LogP) is 0.658. The molecule has 0 amide bonds. The molecule has 2 fully saturated rings. The lowest BCUT2D eigenvalue weighted by atomic mass is 10.1. The van der Waals surface area contributed by atoms with Gasteiger partial charge in [0.05, 0.1) is 11.5 Å². The monoisotopic (exact) mass is 273 g/mol. The van der Waals surface area contributed by atoms with Gasteiger partial charge in [-0.05, 0) is 31.6 Å². The highest BCUT2D eigenvalue weighted by Crippen LogP contribution is 2.19. The molecule has 1 aliphatic heterocycles. The van der Waals surface area contributed by atoms with Crippen molar-refractivity contribution in [2.24, 2.45) is 16.6 Å². The molecule has 5 nitrogen and oxygen atoms in total. The van der Waals surface area contributed by atoms with Gasteiger partial charge in [-0.3, -0.25) is 4.99 Å². The van der Waals surface area contributed by atoms with Gasteiger partial charge in [0.1, 0.15) is 0 Å². The van der Waals surface area contributed by atoms with Gasteiger partial charge in [0.25, 0.3) is 0 Å². The van der Waals surface area contributed by atoms with E-state index in [1.54, 1.807) is 0 Å². The molecule has 0 aromatic heterocycles. The van der Waals surface area contributed by atoms with E-state index < -0.39 is 9.84 Å². The van der Waals surface area contributed by atoms with Crippen molar-refractivity contribution in [3.8, 4) is 0 Å². The van der Waals surface area contributed by atoms with Gasteiger partial charge in [-0.15, -0.1) is 0 Å². The fraction of sp³-hybridized carbons (Fsp3) is 0.917. The maximum absolute atomic E-state index is 11.5. The third-order valence-corrected chi connectivity index (χ3v) is 5.67. The summed E-state index contributed by atoms with van der Waals surface area (Å²) in [4.78, 5) is 4.30. The molecule has 3 N–H and O–H groups in total. The Balaban J connectivity index is 1.78. The molecule has 1 aliphatic carbocycles. The van der Waals surface area contributed by atoms with Crippen molar-refractivity contribution in [1.29, 1.82) is 0 Å². The van der Waals surface area contributed by atoms with Crippen LogP contribution in [0.4, 0.5) is 0 Å². The van der Waals surface area contributed by atoms with E-state index in [9.17, 15) is 8.42 Å². The zero-order valence-corrected chi connectivity index (χ0v) is 11.6. The first-order chi connectivity index (χ1) is 8.55. The molecular formula is C12H23N3O2S. The van der Waals surface area contributed by atoms with E-state index in [-0.39, 0.29) is 11.7 Å². The van der Waals surface area contributed by atoms with Crippen molar-refractivity contribution in [2.45, 2.75) is 44.6 Å². The molecule has 104 valence electrons. The maximum Gasteiger partial charge on any atom is 0.188 e. The van der Waals surface area contributed by atoms with Gasteiger partial charge in [-0.2, -0.15) is 0 Å². The van der Waals surface area contributed by atoms with Crippen molar-refractivity contribution < 1.29 is 8.42 Å². The Kier molecular flexibility index (Phi) is 4.48. The van der Waals surface area contributed by atoms with E-state index in [1.807, 2.05) is 0 Å². The molecule has 0 radical (unpaired) electrons. The quantitative estimate of drug-likeness (QED) is 0.584. The fourth-order valence-electron chi connectivity index (χ4n) is 2.81. The van der Waals surface area contributed by atoms with E-state index in [2.05, 4.69) is 10.3 Å². The highest BCUT2D eigenvalue weighted by atomic mass is 32.2.